The molecule has 0 spiro atoms. The van der Waals surface area contributed by atoms with E-state index in [1.807, 2.05) is 0 Å². The Hall–Kier alpha value is -0.0800. The van der Waals surface area contributed by atoms with Crippen molar-refractivity contribution in [2.75, 3.05) is 0 Å². The van der Waals surface area contributed by atoms with Crippen molar-refractivity contribution < 1.29 is 0 Å². The van der Waals surface area contributed by atoms with Gasteiger partial charge in [-0.05, 0) is 82.1 Å². The molecule has 0 aromatic rings. The van der Waals surface area contributed by atoms with Crippen molar-refractivity contribution >= 4 is 0 Å². The lowest BCUT2D eigenvalue weighted by atomic mass is 10.0. The average Bonchev–Trinajstić information content (AvgIpc) is 2.26. The first kappa shape index (κ1) is 20.9. The largest absolute Gasteiger partial charge is 0.296 e. The first-order chi connectivity index (χ1) is 9.59. The molecule has 0 aromatic carbocycles. The fourth-order valence-electron chi connectivity index (χ4n) is 4.24. The van der Waals surface area contributed by atoms with Crippen LogP contribution in [0.4, 0.5) is 0 Å². The maximum Gasteiger partial charge on any atom is 0.00723 e. The average molecular weight is 299 g/mol. The Morgan fingerprint density at radius 1 is 0.476 bits per heavy atom. The molecule has 0 radical (unpaired) electrons. The molecule has 2 unspecified atom stereocenters. The smallest absolute Gasteiger partial charge is 0.00723 e. The Labute approximate surface area is 135 Å². The minimum Gasteiger partial charge on any atom is -0.296 e. The highest BCUT2D eigenvalue weighted by Crippen LogP contribution is 2.19. The quantitative estimate of drug-likeness (QED) is 0.549. The van der Waals surface area contributed by atoms with E-state index in [0.717, 1.165) is 0 Å². The maximum absolute atomic E-state index is 2.65. The van der Waals surface area contributed by atoms with Crippen molar-refractivity contribution in [3.63, 3.8) is 0 Å². The second kappa shape index (κ2) is 9.84. The Bertz CT molecular complexity index is 216. The van der Waals surface area contributed by atoms with Crippen LogP contribution in [0.25, 0.3) is 0 Å². The fraction of sp³-hybridized carbons (Fsp3) is 1.00. The molecule has 21 heavy (non-hydrogen) atoms. The van der Waals surface area contributed by atoms with Crippen LogP contribution in [0.2, 0.25) is 0 Å². The van der Waals surface area contributed by atoms with Crippen LogP contribution in [0.5, 0.6) is 0 Å². The van der Waals surface area contributed by atoms with Crippen LogP contribution >= 0.6 is 0 Å². The van der Waals surface area contributed by atoms with E-state index in [4.69, 9.17) is 0 Å². The highest BCUT2D eigenvalue weighted by molar-refractivity contribution is 4.77. The van der Waals surface area contributed by atoms with Crippen LogP contribution in [-0.2, 0) is 0 Å². The third kappa shape index (κ3) is 7.15. The zero-order chi connectivity index (χ0) is 16.7. The lowest BCUT2D eigenvalue weighted by molar-refractivity contribution is 0.0990. The molecule has 0 N–H and O–H groups in total. The molecule has 128 valence electrons. The summed E-state index contributed by atoms with van der Waals surface area (Å²) in [6, 6.07) is 3.92. The van der Waals surface area contributed by atoms with Gasteiger partial charge in [-0.25, -0.2) is 0 Å². The first-order valence-electron chi connectivity index (χ1n) is 9.14. The summed E-state index contributed by atoms with van der Waals surface area (Å²) < 4.78 is 0. The summed E-state index contributed by atoms with van der Waals surface area (Å²) in [5.41, 5.74) is 0. The van der Waals surface area contributed by atoms with Gasteiger partial charge in [0.05, 0.1) is 0 Å². The van der Waals surface area contributed by atoms with Gasteiger partial charge < -0.3 is 0 Å². The molecule has 0 aliphatic heterocycles. The standard InChI is InChI=1S/C19H42N2/c1-14(2)20(15(3)4)18(9)12-11-13-19(10)21(16(5)6)17(7)8/h14-19H,11-13H2,1-10H3. The van der Waals surface area contributed by atoms with Crippen molar-refractivity contribution in [2.24, 2.45) is 0 Å². The maximum atomic E-state index is 2.65. The SMILES string of the molecule is CC(C)N(C(C)C)C(C)CCCC(C)N(C(C)C)C(C)C. The van der Waals surface area contributed by atoms with E-state index in [1.54, 1.807) is 0 Å². The third-order valence-electron chi connectivity index (χ3n) is 4.65. The molecule has 0 aliphatic rings. The monoisotopic (exact) mass is 298 g/mol. The summed E-state index contributed by atoms with van der Waals surface area (Å²) in [6.45, 7) is 23.3. The molecule has 2 nitrogen and oxygen atoms in total. The highest BCUT2D eigenvalue weighted by atomic mass is 15.2. The molecule has 2 heteroatoms. The van der Waals surface area contributed by atoms with Gasteiger partial charge in [0.25, 0.3) is 0 Å². The van der Waals surface area contributed by atoms with Gasteiger partial charge in [0, 0.05) is 36.3 Å². The first-order valence-corrected chi connectivity index (χ1v) is 9.14. The number of hydrogen-bond donors (Lipinski definition) is 0. The molecule has 0 fully saturated rings. The summed E-state index contributed by atoms with van der Waals surface area (Å²) >= 11 is 0. The van der Waals surface area contributed by atoms with Gasteiger partial charge in [0.15, 0.2) is 0 Å². The fourth-order valence-corrected chi connectivity index (χ4v) is 4.24. The van der Waals surface area contributed by atoms with Crippen LogP contribution < -0.4 is 0 Å². The van der Waals surface area contributed by atoms with E-state index in [-0.39, 0.29) is 0 Å². The van der Waals surface area contributed by atoms with E-state index in [9.17, 15) is 0 Å². The number of rotatable bonds is 10. The van der Waals surface area contributed by atoms with Crippen molar-refractivity contribution in [3.05, 3.63) is 0 Å². The summed E-state index contributed by atoms with van der Waals surface area (Å²) in [7, 11) is 0. The molecule has 0 aromatic heterocycles. The van der Waals surface area contributed by atoms with Gasteiger partial charge in [-0.15, -0.1) is 0 Å². The van der Waals surface area contributed by atoms with Crippen molar-refractivity contribution in [2.45, 2.75) is 125 Å². The molecule has 0 aliphatic carbocycles. The Morgan fingerprint density at radius 2 is 0.714 bits per heavy atom. The van der Waals surface area contributed by atoms with Gasteiger partial charge in [0.2, 0.25) is 0 Å². The van der Waals surface area contributed by atoms with Crippen LogP contribution in [0.3, 0.4) is 0 Å². The minimum absolute atomic E-state index is 0.639. The lowest BCUT2D eigenvalue weighted by Crippen LogP contribution is -2.44. The Morgan fingerprint density at radius 3 is 0.905 bits per heavy atom. The molecule has 0 amide bonds. The Kier molecular flexibility index (Phi) is 9.80. The molecule has 0 bridgehead atoms. The zero-order valence-electron chi connectivity index (χ0n) is 16.5. The van der Waals surface area contributed by atoms with Crippen LogP contribution in [0.1, 0.15) is 88.5 Å². The molecule has 0 saturated heterocycles. The number of hydrogen-bond acceptors (Lipinski definition) is 2. The molecular formula is C19H42N2. The Balaban J connectivity index is 4.35. The van der Waals surface area contributed by atoms with E-state index in [0.29, 0.717) is 36.3 Å². The van der Waals surface area contributed by atoms with Crippen molar-refractivity contribution in [1.82, 2.24) is 9.80 Å². The number of nitrogens with zero attached hydrogens (tertiary/aromatic N) is 2. The summed E-state index contributed by atoms with van der Waals surface area (Å²) in [6.07, 6.45) is 3.95. The van der Waals surface area contributed by atoms with Gasteiger partial charge in [-0.3, -0.25) is 9.80 Å². The van der Waals surface area contributed by atoms with E-state index in [1.165, 1.54) is 19.3 Å². The predicted molar refractivity (Wildman–Crippen MR) is 97.0 cm³/mol. The van der Waals surface area contributed by atoms with Crippen LogP contribution in [0, 0.1) is 0 Å². The highest BCUT2D eigenvalue weighted by Gasteiger charge is 2.22. The van der Waals surface area contributed by atoms with E-state index in [2.05, 4.69) is 79.0 Å². The predicted octanol–water partition coefficient (Wildman–Crippen LogP) is 5.17. The zero-order valence-corrected chi connectivity index (χ0v) is 16.5. The second-order valence-electron chi connectivity index (χ2n) is 7.90. The lowest BCUT2D eigenvalue weighted by Gasteiger charge is -2.38. The van der Waals surface area contributed by atoms with Gasteiger partial charge in [-0.1, -0.05) is 6.42 Å². The van der Waals surface area contributed by atoms with Crippen LogP contribution in [0.15, 0.2) is 0 Å². The van der Waals surface area contributed by atoms with Gasteiger partial charge in [-0.2, -0.15) is 0 Å². The molecule has 0 saturated carbocycles. The minimum atomic E-state index is 0.639. The van der Waals surface area contributed by atoms with E-state index >= 15 is 0 Å². The normalized spacial score (nSPS) is 16.0. The molecule has 0 heterocycles. The molecular weight excluding hydrogens is 256 g/mol. The molecule has 0 rings (SSSR count). The second-order valence-corrected chi connectivity index (χ2v) is 7.90. The molecule has 2 atom stereocenters. The van der Waals surface area contributed by atoms with Crippen molar-refractivity contribution in [3.8, 4) is 0 Å². The van der Waals surface area contributed by atoms with Gasteiger partial charge >= 0.3 is 0 Å². The third-order valence-corrected chi connectivity index (χ3v) is 4.65. The van der Waals surface area contributed by atoms with Gasteiger partial charge in [0.1, 0.15) is 0 Å². The summed E-state index contributed by atoms with van der Waals surface area (Å²) in [5, 5.41) is 0. The van der Waals surface area contributed by atoms with Crippen LogP contribution in [-0.4, -0.2) is 46.1 Å². The summed E-state index contributed by atoms with van der Waals surface area (Å²) in [5.74, 6) is 0. The topological polar surface area (TPSA) is 6.48 Å². The van der Waals surface area contributed by atoms with E-state index < -0.39 is 0 Å². The summed E-state index contributed by atoms with van der Waals surface area (Å²) in [4.78, 5) is 5.29. The van der Waals surface area contributed by atoms with Crippen molar-refractivity contribution in [1.29, 1.82) is 0 Å².